The summed E-state index contributed by atoms with van der Waals surface area (Å²) in [6.07, 6.45) is 0.314. The van der Waals surface area contributed by atoms with Crippen LogP contribution in [0.15, 0.2) is 12.1 Å². The Labute approximate surface area is 109 Å². The van der Waals surface area contributed by atoms with Crippen molar-refractivity contribution in [3.05, 3.63) is 28.8 Å². The number of nitrogens with zero attached hydrogens (tertiary/aromatic N) is 1. The van der Waals surface area contributed by atoms with E-state index in [0.717, 1.165) is 0 Å². The third kappa shape index (κ3) is 3.65. The number of aryl methyl sites for hydroxylation is 1. The summed E-state index contributed by atoms with van der Waals surface area (Å²) >= 11 is 0. The number of hydrogen-bond acceptors (Lipinski definition) is 4. The average molecular weight is 269 g/mol. The fourth-order valence-corrected chi connectivity index (χ4v) is 1.72. The number of benzene rings is 1. The van der Waals surface area contributed by atoms with Crippen molar-refractivity contribution in [2.75, 3.05) is 7.11 Å². The number of rotatable bonds is 5. The van der Waals surface area contributed by atoms with Gasteiger partial charge in [-0.15, -0.1) is 0 Å². The average Bonchev–Trinajstić information content (AvgIpc) is 2.39. The summed E-state index contributed by atoms with van der Waals surface area (Å²) in [5.41, 5.74) is 0.908. The summed E-state index contributed by atoms with van der Waals surface area (Å²) < 4.78 is 33.8. The van der Waals surface area contributed by atoms with Gasteiger partial charge in [0.15, 0.2) is 0 Å². The molecule has 1 aromatic rings. The van der Waals surface area contributed by atoms with Crippen molar-refractivity contribution in [1.29, 1.82) is 5.26 Å². The molecule has 6 heteroatoms. The maximum atomic E-state index is 12.4. The minimum atomic E-state index is -3.06. The number of carbonyl (C=O) groups is 1. The molecule has 1 rings (SSSR count). The molecular formula is C13H13F2NO3. The van der Waals surface area contributed by atoms with E-state index >= 15 is 0 Å². The van der Waals surface area contributed by atoms with Crippen LogP contribution in [0, 0.1) is 11.3 Å². The fraction of sp³-hybridized carbons (Fsp3) is 0.385. The van der Waals surface area contributed by atoms with Crippen molar-refractivity contribution in [2.24, 2.45) is 0 Å². The fourth-order valence-electron chi connectivity index (χ4n) is 1.72. The van der Waals surface area contributed by atoms with Gasteiger partial charge in [0.25, 0.3) is 0 Å². The quantitative estimate of drug-likeness (QED) is 0.770. The van der Waals surface area contributed by atoms with Crippen LogP contribution in [0.4, 0.5) is 8.78 Å². The van der Waals surface area contributed by atoms with E-state index in [2.05, 4.69) is 9.47 Å². The van der Waals surface area contributed by atoms with Crippen LogP contribution >= 0.6 is 0 Å². The topological polar surface area (TPSA) is 59.3 Å². The van der Waals surface area contributed by atoms with Crippen LogP contribution in [-0.2, 0) is 22.4 Å². The number of methoxy groups -OCH3 is 1. The van der Waals surface area contributed by atoms with Gasteiger partial charge in [0.05, 0.1) is 19.1 Å². The minimum absolute atomic E-state index is 0.0311. The lowest BCUT2D eigenvalue weighted by atomic mass is 9.98. The van der Waals surface area contributed by atoms with Gasteiger partial charge in [-0.2, -0.15) is 14.0 Å². The zero-order valence-electron chi connectivity index (χ0n) is 10.6. The molecule has 0 saturated carbocycles. The zero-order valence-corrected chi connectivity index (χ0v) is 10.6. The lowest BCUT2D eigenvalue weighted by Gasteiger charge is -2.15. The summed E-state index contributed by atoms with van der Waals surface area (Å²) in [6, 6.07) is 4.79. The van der Waals surface area contributed by atoms with Gasteiger partial charge in [-0.3, -0.25) is 4.79 Å². The van der Waals surface area contributed by atoms with E-state index in [1.54, 1.807) is 12.1 Å². The first kappa shape index (κ1) is 14.9. The largest absolute Gasteiger partial charge is 0.469 e. The lowest BCUT2D eigenvalue weighted by Crippen LogP contribution is -2.12. The Morgan fingerprint density at radius 1 is 1.47 bits per heavy atom. The van der Waals surface area contributed by atoms with E-state index in [9.17, 15) is 13.6 Å². The highest BCUT2D eigenvalue weighted by Gasteiger charge is 2.20. The minimum Gasteiger partial charge on any atom is -0.469 e. The molecule has 0 saturated heterocycles. The van der Waals surface area contributed by atoms with E-state index in [1.807, 2.05) is 6.92 Å². The van der Waals surface area contributed by atoms with Crippen molar-refractivity contribution in [1.82, 2.24) is 0 Å². The number of nitriles is 1. The SMILES string of the molecule is CCc1ccc(C#N)c(OC(F)F)c1CC(=O)OC. The molecule has 0 aromatic heterocycles. The molecule has 0 aliphatic rings. The smallest absolute Gasteiger partial charge is 0.387 e. The number of alkyl halides is 2. The van der Waals surface area contributed by atoms with Gasteiger partial charge in [-0.05, 0) is 18.1 Å². The Kier molecular flexibility index (Phi) is 5.24. The number of ether oxygens (including phenoxy) is 2. The standard InChI is InChI=1S/C13H13F2NO3/c1-3-8-4-5-9(7-16)12(19-13(14)15)10(8)6-11(17)18-2/h4-5,13H,3,6H2,1-2H3. The predicted molar refractivity (Wildman–Crippen MR) is 62.9 cm³/mol. The Morgan fingerprint density at radius 2 is 2.16 bits per heavy atom. The normalized spacial score (nSPS) is 10.1. The van der Waals surface area contributed by atoms with E-state index in [-0.39, 0.29) is 23.3 Å². The van der Waals surface area contributed by atoms with Gasteiger partial charge < -0.3 is 9.47 Å². The number of esters is 1. The number of hydrogen-bond donors (Lipinski definition) is 0. The third-order valence-electron chi connectivity index (χ3n) is 2.61. The van der Waals surface area contributed by atoms with E-state index < -0.39 is 12.6 Å². The maximum Gasteiger partial charge on any atom is 0.387 e. The summed E-state index contributed by atoms with van der Waals surface area (Å²) in [4.78, 5) is 11.3. The summed E-state index contributed by atoms with van der Waals surface area (Å²) in [5.74, 6) is -0.828. The molecule has 1 aromatic carbocycles. The van der Waals surface area contributed by atoms with E-state index in [1.165, 1.54) is 13.2 Å². The van der Waals surface area contributed by atoms with Crippen LogP contribution in [0.3, 0.4) is 0 Å². The Hall–Kier alpha value is -2.16. The van der Waals surface area contributed by atoms with Crippen molar-refractivity contribution in [2.45, 2.75) is 26.4 Å². The molecule has 0 N–H and O–H groups in total. The highest BCUT2D eigenvalue weighted by atomic mass is 19.3. The number of carbonyl (C=O) groups excluding carboxylic acids is 1. The van der Waals surface area contributed by atoms with Gasteiger partial charge in [0, 0.05) is 5.56 Å². The van der Waals surface area contributed by atoms with Crippen molar-refractivity contribution < 1.29 is 23.0 Å². The molecule has 4 nitrogen and oxygen atoms in total. The molecule has 0 amide bonds. The van der Waals surface area contributed by atoms with Gasteiger partial charge in [-0.1, -0.05) is 13.0 Å². The Bertz CT molecular complexity index is 509. The number of halogens is 2. The Balaban J connectivity index is 3.34. The van der Waals surface area contributed by atoms with Gasteiger partial charge in [0.2, 0.25) is 0 Å². The van der Waals surface area contributed by atoms with Crippen LogP contribution in [0.1, 0.15) is 23.6 Å². The van der Waals surface area contributed by atoms with Crippen LogP contribution in [0.5, 0.6) is 5.75 Å². The summed E-state index contributed by atoms with van der Waals surface area (Å²) in [5, 5.41) is 8.92. The first-order valence-corrected chi connectivity index (χ1v) is 5.59. The Morgan fingerprint density at radius 3 is 2.63 bits per heavy atom. The van der Waals surface area contributed by atoms with E-state index in [0.29, 0.717) is 12.0 Å². The predicted octanol–water partition coefficient (Wildman–Crippen LogP) is 2.44. The molecule has 0 aliphatic carbocycles. The van der Waals surface area contributed by atoms with Crippen LogP contribution < -0.4 is 4.74 Å². The molecule has 19 heavy (non-hydrogen) atoms. The highest BCUT2D eigenvalue weighted by molar-refractivity contribution is 5.75. The van der Waals surface area contributed by atoms with Crippen LogP contribution in [0.2, 0.25) is 0 Å². The highest BCUT2D eigenvalue weighted by Crippen LogP contribution is 2.29. The zero-order chi connectivity index (χ0) is 14.4. The van der Waals surface area contributed by atoms with Gasteiger partial charge in [-0.25, -0.2) is 0 Å². The first-order valence-electron chi connectivity index (χ1n) is 5.59. The molecule has 0 unspecified atom stereocenters. The second-order valence-electron chi connectivity index (χ2n) is 3.68. The van der Waals surface area contributed by atoms with Crippen molar-refractivity contribution >= 4 is 5.97 Å². The lowest BCUT2D eigenvalue weighted by molar-refractivity contribution is -0.139. The van der Waals surface area contributed by atoms with Gasteiger partial charge >= 0.3 is 12.6 Å². The van der Waals surface area contributed by atoms with Gasteiger partial charge in [0.1, 0.15) is 11.8 Å². The summed E-state index contributed by atoms with van der Waals surface area (Å²) in [6.45, 7) is -1.25. The monoisotopic (exact) mass is 269 g/mol. The summed E-state index contributed by atoms with van der Waals surface area (Å²) in [7, 11) is 1.20. The molecule has 0 bridgehead atoms. The van der Waals surface area contributed by atoms with Crippen LogP contribution in [0.25, 0.3) is 0 Å². The molecule has 102 valence electrons. The molecule has 0 radical (unpaired) electrons. The van der Waals surface area contributed by atoms with E-state index in [4.69, 9.17) is 5.26 Å². The second kappa shape index (κ2) is 6.69. The third-order valence-corrected chi connectivity index (χ3v) is 2.61. The molecule has 0 fully saturated rings. The second-order valence-corrected chi connectivity index (χ2v) is 3.68. The molecule has 0 heterocycles. The van der Waals surface area contributed by atoms with Crippen molar-refractivity contribution in [3.63, 3.8) is 0 Å². The first-order chi connectivity index (χ1) is 9.03. The molecule has 0 aliphatic heterocycles. The maximum absolute atomic E-state index is 12.4. The molecule has 0 atom stereocenters. The molecule has 0 spiro atoms. The van der Waals surface area contributed by atoms with Crippen molar-refractivity contribution in [3.8, 4) is 11.8 Å². The van der Waals surface area contributed by atoms with Crippen LogP contribution in [-0.4, -0.2) is 19.7 Å². The molecular weight excluding hydrogens is 256 g/mol.